The summed E-state index contributed by atoms with van der Waals surface area (Å²) in [6.45, 7) is 2.77. The summed E-state index contributed by atoms with van der Waals surface area (Å²) in [6, 6.07) is 2.71. The van der Waals surface area contributed by atoms with E-state index in [4.69, 9.17) is 16.9 Å². The fourth-order valence-corrected chi connectivity index (χ4v) is 2.21. The third-order valence-corrected chi connectivity index (χ3v) is 3.27. The van der Waals surface area contributed by atoms with Crippen molar-refractivity contribution in [2.45, 2.75) is 38.6 Å². The van der Waals surface area contributed by atoms with Gasteiger partial charge in [-0.05, 0) is 19.3 Å². The first-order valence-electron chi connectivity index (χ1n) is 5.90. The van der Waals surface area contributed by atoms with Crippen LogP contribution >= 0.6 is 11.6 Å². The minimum atomic E-state index is 0.515. The predicted octanol–water partition coefficient (Wildman–Crippen LogP) is 2.57. The van der Waals surface area contributed by atoms with Crippen LogP contribution in [0.25, 0.3) is 0 Å². The van der Waals surface area contributed by atoms with Crippen LogP contribution in [0.1, 0.15) is 31.7 Å². The molecule has 0 atom stereocenters. The summed E-state index contributed by atoms with van der Waals surface area (Å²) in [4.78, 5) is 10.6. The molecule has 1 aromatic rings. The SMILES string of the molecule is CCc1c(Cl)ncnc1N(CCC#N)C1CC1. The van der Waals surface area contributed by atoms with Crippen molar-refractivity contribution in [2.75, 3.05) is 11.4 Å². The largest absolute Gasteiger partial charge is 0.352 e. The summed E-state index contributed by atoms with van der Waals surface area (Å²) in [7, 11) is 0. The molecule has 0 spiro atoms. The lowest BCUT2D eigenvalue weighted by molar-refractivity contribution is 0.766. The predicted molar refractivity (Wildman–Crippen MR) is 67.0 cm³/mol. The van der Waals surface area contributed by atoms with Crippen molar-refractivity contribution in [3.05, 3.63) is 17.0 Å². The molecule has 1 aliphatic carbocycles. The Balaban J connectivity index is 2.28. The molecule has 0 aliphatic heterocycles. The van der Waals surface area contributed by atoms with Gasteiger partial charge < -0.3 is 4.90 Å². The molecule has 2 rings (SSSR count). The summed E-state index contributed by atoms with van der Waals surface area (Å²) in [5, 5.41) is 9.24. The highest BCUT2D eigenvalue weighted by Gasteiger charge is 2.31. The highest BCUT2D eigenvalue weighted by molar-refractivity contribution is 6.30. The zero-order valence-corrected chi connectivity index (χ0v) is 10.6. The van der Waals surface area contributed by atoms with Crippen LogP contribution < -0.4 is 4.90 Å². The van der Waals surface area contributed by atoms with Gasteiger partial charge in [0.25, 0.3) is 0 Å². The molecule has 0 unspecified atom stereocenters. The molecule has 0 bridgehead atoms. The summed E-state index contributed by atoms with van der Waals surface area (Å²) in [6.07, 6.45) is 5.18. The van der Waals surface area contributed by atoms with E-state index >= 15 is 0 Å². The molecule has 0 N–H and O–H groups in total. The van der Waals surface area contributed by atoms with Gasteiger partial charge in [-0.1, -0.05) is 18.5 Å². The first-order valence-corrected chi connectivity index (χ1v) is 6.28. The minimum absolute atomic E-state index is 0.515. The van der Waals surface area contributed by atoms with E-state index in [1.54, 1.807) is 0 Å². The third kappa shape index (κ3) is 2.67. The Morgan fingerprint density at radius 1 is 1.53 bits per heavy atom. The molecule has 4 nitrogen and oxygen atoms in total. The maximum atomic E-state index is 8.71. The second-order valence-corrected chi connectivity index (χ2v) is 4.51. The van der Waals surface area contributed by atoms with Crippen LogP contribution in [0, 0.1) is 11.3 Å². The molecule has 5 heteroatoms. The van der Waals surface area contributed by atoms with Gasteiger partial charge in [-0.15, -0.1) is 0 Å². The van der Waals surface area contributed by atoms with Crippen molar-refractivity contribution in [1.29, 1.82) is 5.26 Å². The van der Waals surface area contributed by atoms with Gasteiger partial charge in [-0.25, -0.2) is 9.97 Å². The van der Waals surface area contributed by atoms with Gasteiger partial charge in [0, 0.05) is 18.2 Å². The molecule has 0 saturated heterocycles. The Labute approximate surface area is 106 Å². The zero-order valence-electron chi connectivity index (χ0n) is 9.86. The molecule has 0 radical (unpaired) electrons. The number of hydrogen-bond acceptors (Lipinski definition) is 4. The first-order chi connectivity index (χ1) is 8.27. The minimum Gasteiger partial charge on any atom is -0.352 e. The number of anilines is 1. The topological polar surface area (TPSA) is 52.8 Å². The highest BCUT2D eigenvalue weighted by Crippen LogP contribution is 2.34. The molecule has 1 aromatic heterocycles. The molecule has 90 valence electrons. The maximum absolute atomic E-state index is 8.71. The number of rotatable bonds is 5. The fraction of sp³-hybridized carbons (Fsp3) is 0.583. The third-order valence-electron chi connectivity index (χ3n) is 2.95. The van der Waals surface area contributed by atoms with Crippen molar-refractivity contribution in [2.24, 2.45) is 0 Å². The molecule has 0 aromatic carbocycles. The van der Waals surface area contributed by atoms with Gasteiger partial charge >= 0.3 is 0 Å². The van der Waals surface area contributed by atoms with Gasteiger partial charge in [-0.3, -0.25) is 0 Å². The number of nitrogens with zero attached hydrogens (tertiary/aromatic N) is 4. The van der Waals surface area contributed by atoms with E-state index in [0.717, 1.165) is 24.3 Å². The van der Waals surface area contributed by atoms with Crippen LogP contribution in [-0.2, 0) is 6.42 Å². The summed E-state index contributed by atoms with van der Waals surface area (Å²) >= 11 is 6.09. The lowest BCUT2D eigenvalue weighted by Gasteiger charge is -2.24. The van der Waals surface area contributed by atoms with Crippen LogP contribution in [-0.4, -0.2) is 22.6 Å². The first kappa shape index (κ1) is 12.1. The smallest absolute Gasteiger partial charge is 0.137 e. The average Bonchev–Trinajstić information content (AvgIpc) is 3.14. The lowest BCUT2D eigenvalue weighted by atomic mass is 10.2. The van der Waals surface area contributed by atoms with Gasteiger partial charge in [0.2, 0.25) is 0 Å². The molecule has 17 heavy (non-hydrogen) atoms. The van der Waals surface area contributed by atoms with Crippen LogP contribution in [0.5, 0.6) is 0 Å². The quantitative estimate of drug-likeness (QED) is 0.754. The van der Waals surface area contributed by atoms with Crippen molar-refractivity contribution >= 4 is 17.4 Å². The van der Waals surface area contributed by atoms with E-state index in [0.29, 0.717) is 17.6 Å². The van der Waals surface area contributed by atoms with E-state index in [9.17, 15) is 0 Å². The van der Waals surface area contributed by atoms with Crippen molar-refractivity contribution < 1.29 is 0 Å². The molecular formula is C12H15ClN4. The Morgan fingerprint density at radius 2 is 2.29 bits per heavy atom. The molecule has 1 heterocycles. The van der Waals surface area contributed by atoms with E-state index < -0.39 is 0 Å². The Bertz CT molecular complexity index is 437. The lowest BCUT2D eigenvalue weighted by Crippen LogP contribution is -2.28. The molecule has 1 saturated carbocycles. The Hall–Kier alpha value is -1.34. The summed E-state index contributed by atoms with van der Waals surface area (Å²) < 4.78 is 0. The normalized spacial score (nSPS) is 14.4. The number of aromatic nitrogens is 2. The molecule has 1 aliphatic rings. The maximum Gasteiger partial charge on any atom is 0.137 e. The second-order valence-electron chi connectivity index (χ2n) is 4.15. The average molecular weight is 251 g/mol. The highest BCUT2D eigenvalue weighted by atomic mass is 35.5. The number of hydrogen-bond donors (Lipinski definition) is 0. The van der Waals surface area contributed by atoms with Gasteiger partial charge in [-0.2, -0.15) is 5.26 Å². The van der Waals surface area contributed by atoms with Crippen molar-refractivity contribution in [1.82, 2.24) is 9.97 Å². The van der Waals surface area contributed by atoms with E-state index in [2.05, 4.69) is 20.9 Å². The Kier molecular flexibility index (Phi) is 3.80. The van der Waals surface area contributed by atoms with Crippen LogP contribution in [0.2, 0.25) is 5.15 Å². The zero-order chi connectivity index (χ0) is 12.3. The monoisotopic (exact) mass is 250 g/mol. The number of halogens is 1. The van der Waals surface area contributed by atoms with Crippen molar-refractivity contribution in [3.8, 4) is 6.07 Å². The van der Waals surface area contributed by atoms with Crippen LogP contribution in [0.3, 0.4) is 0 Å². The van der Waals surface area contributed by atoms with Gasteiger partial charge in [0.05, 0.1) is 12.5 Å². The van der Waals surface area contributed by atoms with Gasteiger partial charge in [0.15, 0.2) is 0 Å². The van der Waals surface area contributed by atoms with E-state index in [-0.39, 0.29) is 0 Å². The van der Waals surface area contributed by atoms with E-state index in [1.807, 2.05) is 6.92 Å². The second kappa shape index (κ2) is 5.33. The van der Waals surface area contributed by atoms with E-state index in [1.165, 1.54) is 19.2 Å². The summed E-state index contributed by atoms with van der Waals surface area (Å²) in [5.41, 5.74) is 0.985. The van der Waals surface area contributed by atoms with Crippen LogP contribution in [0.15, 0.2) is 6.33 Å². The molecule has 1 fully saturated rings. The summed E-state index contributed by atoms with van der Waals surface area (Å²) in [5.74, 6) is 0.908. The fourth-order valence-electron chi connectivity index (χ4n) is 1.95. The van der Waals surface area contributed by atoms with Crippen molar-refractivity contribution in [3.63, 3.8) is 0 Å². The number of nitriles is 1. The Morgan fingerprint density at radius 3 is 2.88 bits per heavy atom. The van der Waals surface area contributed by atoms with Gasteiger partial charge in [0.1, 0.15) is 17.3 Å². The van der Waals surface area contributed by atoms with Crippen LogP contribution in [0.4, 0.5) is 5.82 Å². The standard InChI is InChI=1S/C12H15ClN4/c1-2-10-11(13)15-8-16-12(10)17(7-3-6-14)9-4-5-9/h8-9H,2-5,7H2,1H3. The molecular weight excluding hydrogens is 236 g/mol. The molecule has 0 amide bonds.